The molecule has 1 saturated heterocycles. The number of ether oxygens (including phenoxy) is 1. The van der Waals surface area contributed by atoms with Crippen molar-refractivity contribution < 1.29 is 14.3 Å². The molecule has 1 aliphatic rings. The Morgan fingerprint density at radius 2 is 2.05 bits per heavy atom. The van der Waals surface area contributed by atoms with Gasteiger partial charge in [0.2, 0.25) is 5.91 Å². The molecule has 20 heavy (non-hydrogen) atoms. The smallest absolute Gasteiger partial charge is 0.309 e. The molecule has 0 saturated carbocycles. The summed E-state index contributed by atoms with van der Waals surface area (Å²) in [6.07, 6.45) is 2.16. The van der Waals surface area contributed by atoms with Gasteiger partial charge >= 0.3 is 5.97 Å². The van der Waals surface area contributed by atoms with Crippen LogP contribution in [-0.4, -0.2) is 31.6 Å². The summed E-state index contributed by atoms with van der Waals surface area (Å²) in [4.78, 5) is 23.0. The highest BCUT2D eigenvalue weighted by Gasteiger charge is 2.21. The van der Waals surface area contributed by atoms with Crippen molar-refractivity contribution in [3.8, 4) is 0 Å². The second kappa shape index (κ2) is 7.87. The lowest BCUT2D eigenvalue weighted by atomic mass is 10.1. The summed E-state index contributed by atoms with van der Waals surface area (Å²) >= 11 is 0. The number of halogens is 1. The van der Waals surface area contributed by atoms with Gasteiger partial charge < -0.3 is 15.4 Å². The predicted molar refractivity (Wildman–Crippen MR) is 79.1 cm³/mol. The molecule has 0 aromatic heterocycles. The van der Waals surface area contributed by atoms with Gasteiger partial charge in [-0.15, -0.1) is 12.4 Å². The number of anilines is 1. The first kappa shape index (κ1) is 16.5. The Bertz CT molecular complexity index is 456. The first-order chi connectivity index (χ1) is 9.19. The third-order valence-corrected chi connectivity index (χ3v) is 3.17. The largest absolute Gasteiger partial charge is 0.469 e. The Hall–Kier alpha value is -1.59. The molecule has 2 rings (SSSR count). The van der Waals surface area contributed by atoms with Crippen LogP contribution in [-0.2, 0) is 20.7 Å². The van der Waals surface area contributed by atoms with E-state index in [1.54, 1.807) is 12.1 Å². The first-order valence-electron chi connectivity index (χ1n) is 6.39. The zero-order valence-electron chi connectivity index (χ0n) is 11.3. The van der Waals surface area contributed by atoms with Crippen LogP contribution in [0.3, 0.4) is 0 Å². The van der Waals surface area contributed by atoms with E-state index in [0.29, 0.717) is 0 Å². The van der Waals surface area contributed by atoms with E-state index in [-0.39, 0.29) is 36.7 Å². The van der Waals surface area contributed by atoms with E-state index in [1.165, 1.54) is 7.11 Å². The van der Waals surface area contributed by atoms with Crippen molar-refractivity contribution in [1.82, 2.24) is 5.32 Å². The van der Waals surface area contributed by atoms with Crippen molar-refractivity contribution in [2.24, 2.45) is 0 Å². The molecular weight excluding hydrogens is 280 g/mol. The van der Waals surface area contributed by atoms with Gasteiger partial charge in [-0.05, 0) is 37.1 Å². The Balaban J connectivity index is 0.00000200. The minimum atomic E-state index is -0.271. The Morgan fingerprint density at radius 1 is 1.35 bits per heavy atom. The maximum absolute atomic E-state index is 11.9. The summed E-state index contributed by atoms with van der Waals surface area (Å²) in [5, 5.41) is 6.01. The van der Waals surface area contributed by atoms with E-state index >= 15 is 0 Å². The van der Waals surface area contributed by atoms with Gasteiger partial charge in [0.25, 0.3) is 0 Å². The van der Waals surface area contributed by atoms with Crippen LogP contribution in [0.4, 0.5) is 5.69 Å². The number of esters is 1. The van der Waals surface area contributed by atoms with Gasteiger partial charge in [0.05, 0.1) is 19.6 Å². The van der Waals surface area contributed by atoms with Crippen molar-refractivity contribution in [2.75, 3.05) is 19.0 Å². The normalized spacial score (nSPS) is 17.1. The zero-order valence-corrected chi connectivity index (χ0v) is 12.2. The van der Waals surface area contributed by atoms with E-state index in [2.05, 4.69) is 15.4 Å². The number of methoxy groups -OCH3 is 1. The van der Waals surface area contributed by atoms with Crippen molar-refractivity contribution in [2.45, 2.75) is 25.3 Å². The molecule has 1 atom stereocenters. The summed E-state index contributed by atoms with van der Waals surface area (Å²) in [6, 6.07) is 7.13. The van der Waals surface area contributed by atoms with E-state index in [1.807, 2.05) is 12.1 Å². The third kappa shape index (κ3) is 4.51. The number of rotatable bonds is 4. The minimum Gasteiger partial charge on any atom is -0.469 e. The van der Waals surface area contributed by atoms with Gasteiger partial charge in [-0.1, -0.05) is 12.1 Å². The fourth-order valence-electron chi connectivity index (χ4n) is 2.08. The molecule has 1 aromatic carbocycles. The molecule has 1 aromatic rings. The first-order valence-corrected chi connectivity index (χ1v) is 6.39. The van der Waals surface area contributed by atoms with Gasteiger partial charge in [-0.3, -0.25) is 9.59 Å². The molecule has 1 unspecified atom stereocenters. The Labute approximate surface area is 124 Å². The van der Waals surface area contributed by atoms with Crippen LogP contribution in [0.1, 0.15) is 18.4 Å². The molecule has 0 radical (unpaired) electrons. The second-order valence-corrected chi connectivity index (χ2v) is 4.59. The van der Waals surface area contributed by atoms with E-state index in [9.17, 15) is 9.59 Å². The van der Waals surface area contributed by atoms with Gasteiger partial charge in [0.15, 0.2) is 0 Å². The van der Waals surface area contributed by atoms with Gasteiger partial charge in [0.1, 0.15) is 0 Å². The van der Waals surface area contributed by atoms with Gasteiger partial charge in [-0.2, -0.15) is 0 Å². The SMILES string of the molecule is COC(=O)Cc1ccc(NC(=O)C2CCCN2)cc1.Cl. The average Bonchev–Trinajstić information content (AvgIpc) is 2.95. The third-order valence-electron chi connectivity index (χ3n) is 3.17. The quantitative estimate of drug-likeness (QED) is 0.827. The topological polar surface area (TPSA) is 67.4 Å². The van der Waals surface area contributed by atoms with Crippen LogP contribution in [0, 0.1) is 0 Å². The molecule has 6 heteroatoms. The fourth-order valence-corrected chi connectivity index (χ4v) is 2.08. The van der Waals surface area contributed by atoms with Crippen LogP contribution in [0.2, 0.25) is 0 Å². The molecule has 2 N–H and O–H groups in total. The Kier molecular flexibility index (Phi) is 6.48. The van der Waals surface area contributed by atoms with Crippen molar-refractivity contribution in [3.05, 3.63) is 29.8 Å². The lowest BCUT2D eigenvalue weighted by molar-refractivity contribution is -0.139. The fraction of sp³-hybridized carbons (Fsp3) is 0.429. The van der Waals surface area contributed by atoms with E-state index in [0.717, 1.165) is 30.6 Å². The molecule has 1 heterocycles. The van der Waals surface area contributed by atoms with Crippen molar-refractivity contribution in [3.63, 3.8) is 0 Å². The zero-order chi connectivity index (χ0) is 13.7. The lowest BCUT2D eigenvalue weighted by Crippen LogP contribution is -2.35. The number of amides is 1. The molecule has 0 bridgehead atoms. The lowest BCUT2D eigenvalue weighted by Gasteiger charge is -2.11. The number of carbonyl (C=O) groups is 2. The highest BCUT2D eigenvalue weighted by molar-refractivity contribution is 5.95. The summed E-state index contributed by atoms with van der Waals surface area (Å²) in [5.41, 5.74) is 1.61. The monoisotopic (exact) mass is 298 g/mol. The summed E-state index contributed by atoms with van der Waals surface area (Å²) < 4.78 is 4.60. The molecule has 5 nitrogen and oxygen atoms in total. The predicted octanol–water partition coefficient (Wildman–Crippen LogP) is 1.51. The maximum atomic E-state index is 11.9. The maximum Gasteiger partial charge on any atom is 0.309 e. The Morgan fingerprint density at radius 3 is 2.60 bits per heavy atom. The molecule has 110 valence electrons. The summed E-state index contributed by atoms with van der Waals surface area (Å²) in [7, 11) is 1.37. The van der Waals surface area contributed by atoms with Gasteiger partial charge in [0, 0.05) is 5.69 Å². The van der Waals surface area contributed by atoms with E-state index < -0.39 is 0 Å². The van der Waals surface area contributed by atoms with Crippen molar-refractivity contribution in [1.29, 1.82) is 0 Å². The second-order valence-electron chi connectivity index (χ2n) is 4.59. The highest BCUT2D eigenvalue weighted by Crippen LogP contribution is 2.13. The molecule has 1 aliphatic heterocycles. The molecule has 1 fully saturated rings. The number of hydrogen-bond acceptors (Lipinski definition) is 4. The molecule has 0 aliphatic carbocycles. The number of hydrogen-bond donors (Lipinski definition) is 2. The van der Waals surface area contributed by atoms with Crippen LogP contribution in [0.15, 0.2) is 24.3 Å². The standard InChI is InChI=1S/C14H18N2O3.ClH/c1-19-13(17)9-10-4-6-11(7-5-10)16-14(18)12-3-2-8-15-12;/h4-7,12,15H,2-3,8-9H2,1H3,(H,16,18);1H. The van der Waals surface area contributed by atoms with Crippen LogP contribution in [0.25, 0.3) is 0 Å². The summed E-state index contributed by atoms with van der Waals surface area (Å²) in [5.74, 6) is -0.273. The van der Waals surface area contributed by atoms with Crippen LogP contribution >= 0.6 is 12.4 Å². The van der Waals surface area contributed by atoms with Crippen LogP contribution < -0.4 is 10.6 Å². The number of benzene rings is 1. The minimum absolute atomic E-state index is 0. The average molecular weight is 299 g/mol. The molecule has 1 amide bonds. The molecular formula is C14H19ClN2O3. The summed E-state index contributed by atoms with van der Waals surface area (Å²) in [6.45, 7) is 0.899. The highest BCUT2D eigenvalue weighted by atomic mass is 35.5. The number of carbonyl (C=O) groups excluding carboxylic acids is 2. The van der Waals surface area contributed by atoms with Gasteiger partial charge in [-0.25, -0.2) is 0 Å². The number of nitrogens with one attached hydrogen (secondary N) is 2. The van der Waals surface area contributed by atoms with Crippen LogP contribution in [0.5, 0.6) is 0 Å². The van der Waals surface area contributed by atoms with Crippen molar-refractivity contribution >= 4 is 30.0 Å². The van der Waals surface area contributed by atoms with E-state index in [4.69, 9.17) is 0 Å². The molecule has 0 spiro atoms.